The van der Waals surface area contributed by atoms with Gasteiger partial charge in [0.25, 0.3) is 0 Å². The Bertz CT molecular complexity index is 4180. The summed E-state index contributed by atoms with van der Waals surface area (Å²) >= 11 is 11.7. The minimum Gasteiger partial charge on any atom is -0.477 e. The number of carboxylic acids is 1. The quantitative estimate of drug-likeness (QED) is 0.0601. The van der Waals surface area contributed by atoms with Crippen molar-refractivity contribution in [2.75, 3.05) is 17.7 Å². The van der Waals surface area contributed by atoms with Crippen molar-refractivity contribution in [1.29, 1.82) is 0 Å². The fraction of sp³-hybridized carbons (Fsp3) is 0.158. The molecule has 0 radical (unpaired) electrons. The minimum atomic E-state index is -4.74. The smallest absolute Gasteiger partial charge is 0.435 e. The molecule has 8 heterocycles. The van der Waals surface area contributed by atoms with Crippen LogP contribution in [0, 0.1) is 25.5 Å². The lowest BCUT2D eigenvalue weighted by atomic mass is 10.1. The normalized spacial score (nSPS) is 12.1. The summed E-state index contributed by atoms with van der Waals surface area (Å²) in [6.07, 6.45) is 1.02. The highest BCUT2D eigenvalue weighted by Gasteiger charge is 2.37. The summed E-state index contributed by atoms with van der Waals surface area (Å²) in [4.78, 5) is 58.7. The van der Waals surface area contributed by atoms with Gasteiger partial charge in [0.15, 0.2) is 23.0 Å². The first kappa shape index (κ1) is 61.3. The third kappa shape index (κ3) is 14.3. The van der Waals surface area contributed by atoms with E-state index in [1.807, 2.05) is 0 Å². The van der Waals surface area contributed by atoms with Crippen LogP contribution in [-0.4, -0.2) is 83.6 Å². The van der Waals surface area contributed by atoms with Crippen LogP contribution in [0.4, 0.5) is 58.4 Å². The van der Waals surface area contributed by atoms with Crippen LogP contribution in [0.15, 0.2) is 135 Å². The molecule has 0 amide bonds. The SMILES string of the molecule is COC(=O)c1cc(-c2cnc(Nc3ccc(F)c(Cl)c3)nc2-n2nc(C(F)(F)F)cc2C)cnc1OC(C)c1ccncc1.Cc1cc(C(F)(F)F)nn1-c1nc(Nc2ccc(F)c(Cl)c2)ncc1-c1cnc(OC(C)c2ccncc2)c(C(=O)O)c1. The van der Waals surface area contributed by atoms with Crippen molar-refractivity contribution in [3.05, 3.63) is 201 Å². The van der Waals surface area contributed by atoms with Crippen LogP contribution in [-0.2, 0) is 17.1 Å². The zero-order valence-corrected chi connectivity index (χ0v) is 47.0. The number of rotatable bonds is 16. The summed E-state index contributed by atoms with van der Waals surface area (Å²) in [5.41, 5.74) is 0.390. The molecular weight excluding hydrogens is 1200 g/mol. The molecule has 0 saturated heterocycles. The Hall–Kier alpha value is -10.2. The first-order valence-electron chi connectivity index (χ1n) is 25.3. The third-order valence-corrected chi connectivity index (χ3v) is 13.1. The highest BCUT2D eigenvalue weighted by atomic mass is 35.5. The maximum atomic E-state index is 13.7. The van der Waals surface area contributed by atoms with Crippen LogP contribution in [0.5, 0.6) is 11.8 Å². The number of hydrogen-bond donors (Lipinski definition) is 3. The Morgan fingerprint density at radius 1 is 0.575 bits per heavy atom. The van der Waals surface area contributed by atoms with Crippen LogP contribution in [0.3, 0.4) is 0 Å². The van der Waals surface area contributed by atoms with E-state index in [1.165, 1.54) is 82.1 Å². The molecule has 2 aromatic carbocycles. The Balaban J connectivity index is 0.000000208. The summed E-state index contributed by atoms with van der Waals surface area (Å²) in [6.45, 7) is 6.30. The molecule has 446 valence electrons. The molecule has 0 aliphatic heterocycles. The Kier molecular flexibility index (Phi) is 18.0. The van der Waals surface area contributed by atoms with Gasteiger partial charge in [-0.1, -0.05) is 23.2 Å². The maximum Gasteiger partial charge on any atom is 0.435 e. The van der Waals surface area contributed by atoms with E-state index in [1.54, 1.807) is 62.9 Å². The predicted octanol–water partition coefficient (Wildman–Crippen LogP) is 13.7. The van der Waals surface area contributed by atoms with Crippen LogP contribution in [0.2, 0.25) is 10.0 Å². The van der Waals surface area contributed by atoms with Crippen LogP contribution in [0.25, 0.3) is 33.9 Å². The number of aryl methyl sites for hydroxylation is 2. The van der Waals surface area contributed by atoms with Gasteiger partial charge < -0.3 is 30.0 Å². The van der Waals surface area contributed by atoms with Gasteiger partial charge in [0.1, 0.15) is 35.0 Å². The summed E-state index contributed by atoms with van der Waals surface area (Å²) < 4.78 is 127. The highest BCUT2D eigenvalue weighted by molar-refractivity contribution is 6.31. The molecule has 2 atom stereocenters. The predicted molar refractivity (Wildman–Crippen MR) is 298 cm³/mol. The molecule has 10 aromatic rings. The molecule has 30 heteroatoms. The maximum absolute atomic E-state index is 13.7. The van der Waals surface area contributed by atoms with Gasteiger partial charge in [0.05, 0.1) is 17.2 Å². The topological polar surface area (TPSA) is 245 Å². The lowest BCUT2D eigenvalue weighted by molar-refractivity contribution is -0.142. The van der Waals surface area contributed by atoms with Gasteiger partial charge in [-0.3, -0.25) is 9.97 Å². The zero-order valence-electron chi connectivity index (χ0n) is 45.5. The van der Waals surface area contributed by atoms with Gasteiger partial charge in [-0.05, 0) is 124 Å². The number of nitrogens with zero attached hydrogens (tertiary/aromatic N) is 12. The number of carboxylic acid groups (broad SMARTS) is 1. The molecule has 3 N–H and O–H groups in total. The summed E-state index contributed by atoms with van der Waals surface area (Å²) in [5.74, 6) is -3.94. The first-order valence-corrected chi connectivity index (χ1v) is 26.0. The summed E-state index contributed by atoms with van der Waals surface area (Å²) in [5, 5.41) is 22.7. The largest absolute Gasteiger partial charge is 0.477 e. The molecule has 0 fully saturated rings. The Labute approximate surface area is 496 Å². The van der Waals surface area contributed by atoms with Gasteiger partial charge in [0, 0.05) is 94.6 Å². The third-order valence-electron chi connectivity index (χ3n) is 12.5. The van der Waals surface area contributed by atoms with E-state index in [-0.39, 0.29) is 90.1 Å². The molecule has 20 nitrogen and oxygen atoms in total. The Morgan fingerprint density at radius 2 is 0.977 bits per heavy atom. The molecule has 0 aliphatic carbocycles. The number of esters is 1. The van der Waals surface area contributed by atoms with E-state index in [9.17, 15) is 49.8 Å². The van der Waals surface area contributed by atoms with E-state index < -0.39 is 59.5 Å². The van der Waals surface area contributed by atoms with Crippen molar-refractivity contribution in [2.24, 2.45) is 0 Å². The van der Waals surface area contributed by atoms with E-state index in [4.69, 9.17) is 37.4 Å². The number of anilines is 4. The fourth-order valence-electron chi connectivity index (χ4n) is 8.19. The average Bonchev–Trinajstić information content (AvgIpc) is 1.89. The standard InChI is InChI=1S/C29H22ClF4N7O3.C28H20ClF4N7O3/c1-15-10-24(29(32,33)34)40-41(15)25-21(14-37-28(39-25)38-19-4-5-23(31)22(30)12-19)18-11-20(27(42)43-3)26(36-13-18)44-16(2)17-6-8-35-9-7-17;1-14-9-23(28(31,32)33)39-40(14)24-20(13-36-27(38-24)37-18-3-4-22(30)21(29)11-18)17-10-19(26(41)42)25(35-12-17)43-15(2)16-5-7-34-8-6-16/h4-14,16H,1-3H3,(H,37,38,39);3-13,15H,1-2H3,(H,41,42)(H,36,37,38). The van der Waals surface area contributed by atoms with E-state index >= 15 is 0 Å². The van der Waals surface area contributed by atoms with E-state index in [0.29, 0.717) is 11.4 Å². The number of methoxy groups -OCH3 is 1. The van der Waals surface area contributed by atoms with Crippen LogP contribution >= 0.6 is 23.2 Å². The van der Waals surface area contributed by atoms with Gasteiger partial charge in [-0.25, -0.2) is 47.7 Å². The molecule has 10 rings (SSSR count). The number of carbonyl (C=O) groups is 2. The number of carbonyl (C=O) groups excluding carboxylic acids is 1. The average molecular weight is 1240 g/mol. The van der Waals surface area contributed by atoms with E-state index in [2.05, 4.69) is 60.7 Å². The number of pyridine rings is 4. The summed E-state index contributed by atoms with van der Waals surface area (Å²) in [7, 11) is 1.19. The van der Waals surface area contributed by atoms with Gasteiger partial charge >= 0.3 is 24.3 Å². The summed E-state index contributed by atoms with van der Waals surface area (Å²) in [6, 6.07) is 18.9. The van der Waals surface area contributed by atoms with Crippen molar-refractivity contribution in [1.82, 2.24) is 59.4 Å². The van der Waals surface area contributed by atoms with Crippen molar-refractivity contribution >= 4 is 58.4 Å². The molecule has 2 unspecified atom stereocenters. The van der Waals surface area contributed by atoms with Crippen LogP contribution < -0.4 is 20.1 Å². The van der Waals surface area contributed by atoms with Crippen molar-refractivity contribution < 1.29 is 64.0 Å². The molecule has 0 aliphatic rings. The molecule has 8 aromatic heterocycles. The van der Waals surface area contributed by atoms with Crippen molar-refractivity contribution in [2.45, 2.75) is 52.3 Å². The zero-order chi connectivity index (χ0) is 62.5. The number of benzene rings is 2. The molecule has 0 spiro atoms. The minimum absolute atomic E-state index is 0.0338. The number of aromatic nitrogens is 12. The van der Waals surface area contributed by atoms with E-state index in [0.717, 1.165) is 44.8 Å². The number of hydrogen-bond acceptors (Lipinski definition) is 17. The second kappa shape index (κ2) is 25.6. The van der Waals surface area contributed by atoms with Crippen LogP contribution in [0.1, 0.15) is 80.7 Å². The molecule has 0 bridgehead atoms. The highest BCUT2D eigenvalue weighted by Crippen LogP contribution is 2.37. The molecular formula is C57H42Cl2F8N14O6. The lowest BCUT2D eigenvalue weighted by Crippen LogP contribution is -2.12. The van der Waals surface area contributed by atoms with Crippen molar-refractivity contribution in [3.8, 4) is 45.6 Å². The number of aromatic carboxylic acids is 1. The fourth-order valence-corrected chi connectivity index (χ4v) is 8.55. The van der Waals surface area contributed by atoms with Gasteiger partial charge in [-0.2, -0.15) is 46.5 Å². The molecule has 87 heavy (non-hydrogen) atoms. The lowest BCUT2D eigenvalue weighted by Gasteiger charge is -2.17. The second-order valence-corrected chi connectivity index (χ2v) is 19.4. The molecule has 0 saturated carbocycles. The van der Waals surface area contributed by atoms with Gasteiger partial charge in [0.2, 0.25) is 23.7 Å². The number of alkyl halides is 6. The second-order valence-electron chi connectivity index (χ2n) is 18.6. The Morgan fingerprint density at radius 3 is 1.34 bits per heavy atom. The number of halogens is 10. The number of ether oxygens (including phenoxy) is 3. The number of nitrogens with one attached hydrogen (secondary N) is 2. The first-order chi connectivity index (χ1) is 41.3. The monoisotopic (exact) mass is 1240 g/mol. The van der Waals surface area contributed by atoms with Crippen molar-refractivity contribution in [3.63, 3.8) is 0 Å². The van der Waals surface area contributed by atoms with Gasteiger partial charge in [-0.15, -0.1) is 0 Å².